The van der Waals surface area contributed by atoms with Gasteiger partial charge in [-0.3, -0.25) is 4.79 Å². The number of carbonyl (C=O) groups excluding carboxylic acids is 1. The van der Waals surface area contributed by atoms with Crippen molar-refractivity contribution in [1.82, 2.24) is 5.32 Å². The van der Waals surface area contributed by atoms with Crippen LogP contribution in [-0.2, 0) is 9.53 Å². The van der Waals surface area contributed by atoms with Crippen molar-refractivity contribution in [2.24, 2.45) is 0 Å². The average molecular weight is 194 g/mol. The Balaban J connectivity index is 3.34. The summed E-state index contributed by atoms with van der Waals surface area (Å²) in [5, 5.41) is 2.61. The summed E-state index contributed by atoms with van der Waals surface area (Å²) in [6.07, 6.45) is 0.0872. The van der Waals surface area contributed by atoms with Crippen LogP contribution >= 0.6 is 11.6 Å². The van der Waals surface area contributed by atoms with Crippen molar-refractivity contribution in [1.29, 1.82) is 0 Å². The van der Waals surface area contributed by atoms with E-state index in [0.717, 1.165) is 0 Å². The molecule has 1 amide bonds. The number of hydrogen-bond donors (Lipinski definition) is 1. The predicted octanol–water partition coefficient (Wildman–Crippen LogP) is 1.15. The molecule has 0 heterocycles. The van der Waals surface area contributed by atoms with E-state index < -0.39 is 0 Å². The molecule has 0 aromatic carbocycles. The van der Waals surface area contributed by atoms with Crippen molar-refractivity contribution in [3.8, 4) is 0 Å². The van der Waals surface area contributed by atoms with Gasteiger partial charge in [0.05, 0.1) is 6.10 Å². The van der Waals surface area contributed by atoms with E-state index in [2.05, 4.69) is 5.32 Å². The molecule has 0 fully saturated rings. The van der Waals surface area contributed by atoms with Gasteiger partial charge in [-0.25, -0.2) is 0 Å². The van der Waals surface area contributed by atoms with Gasteiger partial charge >= 0.3 is 0 Å². The first-order valence-corrected chi connectivity index (χ1v) is 4.48. The number of carbonyl (C=O) groups is 1. The normalized spacial score (nSPS) is 13.1. The minimum atomic E-state index is -0.115. The second-order valence-electron chi connectivity index (χ2n) is 2.94. The zero-order valence-corrected chi connectivity index (χ0v) is 8.52. The largest absolute Gasteiger partial charge is 0.369 e. The summed E-state index contributed by atoms with van der Waals surface area (Å²) in [4.78, 5) is 11.0. The van der Waals surface area contributed by atoms with Gasteiger partial charge in [0.15, 0.2) is 0 Å². The topological polar surface area (TPSA) is 38.3 Å². The lowest BCUT2D eigenvalue weighted by molar-refractivity contribution is -0.127. The summed E-state index contributed by atoms with van der Waals surface area (Å²) >= 11 is 5.63. The summed E-state index contributed by atoms with van der Waals surface area (Å²) in [6.45, 7) is 6.20. The first kappa shape index (κ1) is 11.7. The Kier molecular flexibility index (Phi) is 6.11. The Hall–Kier alpha value is -0.280. The molecule has 0 aliphatic carbocycles. The quantitative estimate of drug-likeness (QED) is 0.666. The van der Waals surface area contributed by atoms with E-state index in [9.17, 15) is 4.79 Å². The fourth-order valence-corrected chi connectivity index (χ4v) is 0.625. The molecule has 12 heavy (non-hydrogen) atoms. The summed E-state index contributed by atoms with van der Waals surface area (Å²) in [7, 11) is 0. The van der Waals surface area contributed by atoms with Gasteiger partial charge < -0.3 is 10.1 Å². The number of nitrogens with one attached hydrogen (secondary N) is 1. The maximum absolute atomic E-state index is 11.0. The van der Waals surface area contributed by atoms with Crippen LogP contribution in [0.4, 0.5) is 0 Å². The van der Waals surface area contributed by atoms with E-state index in [1.165, 1.54) is 0 Å². The first-order chi connectivity index (χ1) is 5.52. The molecule has 0 rings (SSSR count). The zero-order valence-electron chi connectivity index (χ0n) is 7.76. The molecule has 1 unspecified atom stereocenters. The third kappa shape index (κ3) is 7.82. The van der Waals surface area contributed by atoms with Crippen LogP contribution in [0.2, 0.25) is 0 Å². The molecule has 0 saturated carbocycles. The van der Waals surface area contributed by atoms with Crippen LogP contribution in [0.5, 0.6) is 0 Å². The molecule has 0 aliphatic rings. The number of alkyl halides is 1. The first-order valence-electron chi connectivity index (χ1n) is 4.04. The maximum Gasteiger partial charge on any atom is 0.246 e. The second-order valence-corrected chi connectivity index (χ2v) is 3.69. The second kappa shape index (κ2) is 6.26. The Morgan fingerprint density at radius 2 is 2.08 bits per heavy atom. The monoisotopic (exact) mass is 193 g/mol. The number of ether oxygens (including phenoxy) is 1. The van der Waals surface area contributed by atoms with Crippen LogP contribution < -0.4 is 5.32 Å². The van der Waals surface area contributed by atoms with E-state index >= 15 is 0 Å². The average Bonchev–Trinajstić information content (AvgIpc) is 1.96. The standard InChI is InChI=1S/C8H16ClNO2/c1-6(2)12-5-8(11)10-4-7(3)9/h6-7H,4-5H2,1-3H3,(H,10,11). The van der Waals surface area contributed by atoms with Crippen LogP contribution in [0.15, 0.2) is 0 Å². The number of rotatable bonds is 5. The summed E-state index contributed by atoms with van der Waals surface area (Å²) in [5.41, 5.74) is 0. The molecule has 0 aromatic heterocycles. The molecular weight excluding hydrogens is 178 g/mol. The number of amides is 1. The van der Waals surface area contributed by atoms with Crippen molar-refractivity contribution >= 4 is 17.5 Å². The van der Waals surface area contributed by atoms with E-state index in [1.54, 1.807) is 0 Å². The minimum absolute atomic E-state index is 0.0343. The van der Waals surface area contributed by atoms with E-state index in [1.807, 2.05) is 20.8 Å². The highest BCUT2D eigenvalue weighted by molar-refractivity contribution is 6.20. The zero-order chi connectivity index (χ0) is 9.56. The lowest BCUT2D eigenvalue weighted by Crippen LogP contribution is -2.32. The lowest BCUT2D eigenvalue weighted by Gasteiger charge is -2.08. The third-order valence-corrected chi connectivity index (χ3v) is 1.28. The van der Waals surface area contributed by atoms with E-state index in [0.29, 0.717) is 6.54 Å². The number of hydrogen-bond acceptors (Lipinski definition) is 2. The molecule has 0 aromatic rings. The van der Waals surface area contributed by atoms with Gasteiger partial charge in [0.1, 0.15) is 6.61 Å². The van der Waals surface area contributed by atoms with Gasteiger partial charge in [0.25, 0.3) is 0 Å². The van der Waals surface area contributed by atoms with Crippen molar-refractivity contribution in [2.75, 3.05) is 13.2 Å². The van der Waals surface area contributed by atoms with Gasteiger partial charge in [-0.1, -0.05) is 0 Å². The van der Waals surface area contributed by atoms with E-state index in [4.69, 9.17) is 16.3 Å². The molecule has 0 radical (unpaired) electrons. The summed E-state index contributed by atoms with van der Waals surface area (Å²) < 4.78 is 5.08. The molecule has 0 bridgehead atoms. The molecule has 1 atom stereocenters. The smallest absolute Gasteiger partial charge is 0.246 e. The maximum atomic E-state index is 11.0. The fraction of sp³-hybridized carbons (Fsp3) is 0.875. The minimum Gasteiger partial charge on any atom is -0.369 e. The highest BCUT2D eigenvalue weighted by Crippen LogP contribution is 1.90. The number of halogens is 1. The van der Waals surface area contributed by atoms with Crippen molar-refractivity contribution < 1.29 is 9.53 Å². The van der Waals surface area contributed by atoms with Crippen LogP contribution in [0, 0.1) is 0 Å². The third-order valence-electron chi connectivity index (χ3n) is 1.13. The van der Waals surface area contributed by atoms with Gasteiger partial charge in [-0.05, 0) is 20.8 Å². The van der Waals surface area contributed by atoms with Crippen molar-refractivity contribution in [3.63, 3.8) is 0 Å². The Morgan fingerprint density at radius 3 is 2.50 bits per heavy atom. The van der Waals surface area contributed by atoms with E-state index in [-0.39, 0.29) is 24.0 Å². The lowest BCUT2D eigenvalue weighted by atomic mass is 10.4. The highest BCUT2D eigenvalue weighted by Gasteiger charge is 2.03. The summed E-state index contributed by atoms with van der Waals surface area (Å²) in [6, 6.07) is 0. The van der Waals surface area contributed by atoms with Crippen LogP contribution in [-0.4, -0.2) is 30.5 Å². The molecule has 0 saturated heterocycles. The molecule has 1 N–H and O–H groups in total. The van der Waals surface area contributed by atoms with Crippen LogP contribution in [0.3, 0.4) is 0 Å². The molecule has 72 valence electrons. The summed E-state index contributed by atoms with van der Waals surface area (Å²) in [5.74, 6) is -0.115. The highest BCUT2D eigenvalue weighted by atomic mass is 35.5. The van der Waals surface area contributed by atoms with Gasteiger partial charge in [-0.2, -0.15) is 0 Å². The van der Waals surface area contributed by atoms with Crippen LogP contribution in [0.1, 0.15) is 20.8 Å². The van der Waals surface area contributed by atoms with Crippen molar-refractivity contribution in [2.45, 2.75) is 32.3 Å². The molecule has 0 spiro atoms. The predicted molar refractivity (Wildman–Crippen MR) is 49.4 cm³/mol. The Bertz CT molecular complexity index is 123. The Labute approximate surface area is 78.4 Å². The molecule has 4 heteroatoms. The molecular formula is C8H16ClNO2. The molecule has 3 nitrogen and oxygen atoms in total. The van der Waals surface area contributed by atoms with Gasteiger partial charge in [-0.15, -0.1) is 11.6 Å². The SMILES string of the molecule is CC(Cl)CNC(=O)COC(C)C. The van der Waals surface area contributed by atoms with Crippen molar-refractivity contribution in [3.05, 3.63) is 0 Å². The fourth-order valence-electron chi connectivity index (χ4n) is 0.548. The Morgan fingerprint density at radius 1 is 1.50 bits per heavy atom. The molecule has 0 aliphatic heterocycles. The van der Waals surface area contributed by atoms with Gasteiger partial charge in [0.2, 0.25) is 5.91 Å². The van der Waals surface area contributed by atoms with Gasteiger partial charge in [0, 0.05) is 11.9 Å². The van der Waals surface area contributed by atoms with Crippen LogP contribution in [0.25, 0.3) is 0 Å².